The third kappa shape index (κ3) is 5.19. The smallest absolute Gasteiger partial charge is 0.303 e. The fraction of sp³-hybridized carbons (Fsp3) is 0.500. The Kier molecular flexibility index (Phi) is 6.57. The fourth-order valence-corrected chi connectivity index (χ4v) is 2.89. The van der Waals surface area contributed by atoms with Gasteiger partial charge in [-0.1, -0.05) is 18.2 Å². The quantitative estimate of drug-likeness (QED) is 0.619. The van der Waals surface area contributed by atoms with Gasteiger partial charge in [0, 0.05) is 32.8 Å². The molecule has 0 spiro atoms. The molecule has 4 atom stereocenters. The van der Waals surface area contributed by atoms with Crippen molar-refractivity contribution in [1.29, 1.82) is 0 Å². The molecule has 8 heteroatoms. The van der Waals surface area contributed by atoms with Crippen LogP contribution in [-0.2, 0) is 33.3 Å². The van der Waals surface area contributed by atoms with Gasteiger partial charge < -0.3 is 24.1 Å². The number of aromatic hydroxyl groups is 1. The first kappa shape index (κ1) is 19.7. The van der Waals surface area contributed by atoms with Gasteiger partial charge in [0.15, 0.2) is 6.10 Å². The summed E-state index contributed by atoms with van der Waals surface area (Å²) in [6, 6.07) is 6.60. The zero-order valence-electron chi connectivity index (χ0n) is 14.8. The van der Waals surface area contributed by atoms with Crippen molar-refractivity contribution in [2.24, 2.45) is 0 Å². The number of hydrogen-bond donors (Lipinski definition) is 1. The molecule has 1 N–H and O–H groups in total. The van der Waals surface area contributed by atoms with Crippen LogP contribution in [0.2, 0.25) is 0 Å². The van der Waals surface area contributed by atoms with Crippen molar-refractivity contribution in [3.8, 4) is 5.75 Å². The van der Waals surface area contributed by atoms with Crippen LogP contribution >= 0.6 is 0 Å². The molecule has 1 aliphatic rings. The molecule has 1 aromatic carbocycles. The van der Waals surface area contributed by atoms with Crippen LogP contribution in [0.15, 0.2) is 24.3 Å². The highest BCUT2D eigenvalue weighted by atomic mass is 16.6. The van der Waals surface area contributed by atoms with Gasteiger partial charge in [0.25, 0.3) is 0 Å². The van der Waals surface area contributed by atoms with Crippen LogP contribution in [-0.4, -0.2) is 47.9 Å². The minimum Gasteiger partial charge on any atom is -0.508 e. The standard InChI is InChI=1S/C18H22O8/c1-10(19)23-9-17-18(25-12(3)21)16(24-11(2)20)8-15(26-17)13-6-4-5-7-14(13)22/h4-7,15-18,22H,8-9H2,1-3H3/t15?,16-,17-,18?/m1/s1. The lowest BCUT2D eigenvalue weighted by atomic mass is 9.93. The average molecular weight is 366 g/mol. The number of benzene rings is 1. The highest BCUT2D eigenvalue weighted by Crippen LogP contribution is 2.38. The van der Waals surface area contributed by atoms with Gasteiger partial charge in [-0.05, 0) is 6.07 Å². The number of carbonyl (C=O) groups is 3. The molecule has 26 heavy (non-hydrogen) atoms. The van der Waals surface area contributed by atoms with Crippen LogP contribution in [0, 0.1) is 0 Å². The molecule has 1 heterocycles. The van der Waals surface area contributed by atoms with Gasteiger partial charge in [-0.3, -0.25) is 14.4 Å². The second kappa shape index (κ2) is 8.66. The summed E-state index contributed by atoms with van der Waals surface area (Å²) in [7, 11) is 0. The number of rotatable bonds is 5. The first-order chi connectivity index (χ1) is 12.3. The number of ether oxygens (including phenoxy) is 4. The molecule has 0 saturated carbocycles. The van der Waals surface area contributed by atoms with Crippen molar-refractivity contribution in [1.82, 2.24) is 0 Å². The molecule has 1 aromatic rings. The topological polar surface area (TPSA) is 108 Å². The number of carbonyl (C=O) groups excluding carboxylic acids is 3. The van der Waals surface area contributed by atoms with E-state index in [9.17, 15) is 19.5 Å². The lowest BCUT2D eigenvalue weighted by Crippen LogP contribution is -2.51. The SMILES string of the molecule is CC(=O)OC[C@H]1OC(c2ccccc2O)C[C@@H](OC(C)=O)C1OC(C)=O. The zero-order chi connectivity index (χ0) is 19.3. The second-order valence-electron chi connectivity index (χ2n) is 5.98. The van der Waals surface area contributed by atoms with Gasteiger partial charge in [-0.2, -0.15) is 0 Å². The molecule has 0 aliphatic carbocycles. The van der Waals surface area contributed by atoms with Crippen LogP contribution in [0.5, 0.6) is 5.75 Å². The summed E-state index contributed by atoms with van der Waals surface area (Å²) in [6.07, 6.45) is -3.06. The van der Waals surface area contributed by atoms with Crippen molar-refractivity contribution in [2.45, 2.75) is 51.6 Å². The lowest BCUT2D eigenvalue weighted by Gasteiger charge is -2.40. The Hall–Kier alpha value is -2.61. The molecule has 2 unspecified atom stereocenters. The third-order valence-corrected chi connectivity index (χ3v) is 3.87. The summed E-state index contributed by atoms with van der Waals surface area (Å²) in [6.45, 7) is 3.53. The lowest BCUT2D eigenvalue weighted by molar-refractivity contribution is -0.216. The summed E-state index contributed by atoms with van der Waals surface area (Å²) in [4.78, 5) is 34.1. The van der Waals surface area contributed by atoms with E-state index in [1.807, 2.05) is 0 Å². The predicted molar refractivity (Wildman–Crippen MR) is 88.1 cm³/mol. The van der Waals surface area contributed by atoms with Gasteiger partial charge in [0.1, 0.15) is 24.6 Å². The maximum atomic E-state index is 11.5. The fourth-order valence-electron chi connectivity index (χ4n) is 2.89. The first-order valence-electron chi connectivity index (χ1n) is 8.19. The zero-order valence-corrected chi connectivity index (χ0v) is 14.8. The van der Waals surface area contributed by atoms with Crippen molar-refractivity contribution in [2.75, 3.05) is 6.61 Å². The molecule has 0 bridgehead atoms. The average Bonchev–Trinajstić information content (AvgIpc) is 2.54. The van der Waals surface area contributed by atoms with E-state index >= 15 is 0 Å². The molecule has 1 fully saturated rings. The van der Waals surface area contributed by atoms with E-state index in [-0.39, 0.29) is 18.8 Å². The van der Waals surface area contributed by atoms with E-state index in [0.717, 1.165) is 0 Å². The van der Waals surface area contributed by atoms with Gasteiger partial charge in [0.05, 0.1) is 6.10 Å². The van der Waals surface area contributed by atoms with E-state index in [1.165, 1.54) is 26.8 Å². The van der Waals surface area contributed by atoms with Crippen LogP contribution in [0.4, 0.5) is 0 Å². The number of para-hydroxylation sites is 1. The Labute approximate surface area is 151 Å². The Bertz CT molecular complexity index is 671. The summed E-state index contributed by atoms with van der Waals surface area (Å²) >= 11 is 0. The van der Waals surface area contributed by atoms with E-state index in [0.29, 0.717) is 5.56 Å². The van der Waals surface area contributed by atoms with Crippen molar-refractivity contribution < 1.29 is 38.4 Å². The first-order valence-corrected chi connectivity index (χ1v) is 8.19. The molecule has 0 radical (unpaired) electrons. The van der Waals surface area contributed by atoms with Gasteiger partial charge in [0.2, 0.25) is 0 Å². The summed E-state index contributed by atoms with van der Waals surface area (Å²) < 4.78 is 21.5. The van der Waals surface area contributed by atoms with Crippen molar-refractivity contribution in [3.63, 3.8) is 0 Å². The van der Waals surface area contributed by atoms with E-state index < -0.39 is 42.3 Å². The van der Waals surface area contributed by atoms with E-state index in [2.05, 4.69) is 0 Å². The normalized spacial score (nSPS) is 25.2. The highest BCUT2D eigenvalue weighted by molar-refractivity contribution is 5.67. The minimum atomic E-state index is -0.933. The predicted octanol–water partition coefficient (Wildman–Crippen LogP) is 1.65. The Morgan fingerprint density at radius 3 is 2.31 bits per heavy atom. The van der Waals surface area contributed by atoms with Crippen molar-refractivity contribution >= 4 is 17.9 Å². The largest absolute Gasteiger partial charge is 0.508 e. The van der Waals surface area contributed by atoms with Gasteiger partial charge in [-0.15, -0.1) is 0 Å². The molecule has 0 amide bonds. The summed E-state index contributed by atoms with van der Waals surface area (Å²) in [5.74, 6) is -1.62. The van der Waals surface area contributed by atoms with E-state index in [1.54, 1.807) is 18.2 Å². The van der Waals surface area contributed by atoms with Crippen LogP contribution in [0.25, 0.3) is 0 Å². The third-order valence-electron chi connectivity index (χ3n) is 3.87. The summed E-state index contributed by atoms with van der Waals surface area (Å²) in [5, 5.41) is 10.1. The number of phenolic OH excluding ortho intramolecular Hbond substituents is 1. The number of hydrogen-bond acceptors (Lipinski definition) is 8. The number of phenols is 1. The highest BCUT2D eigenvalue weighted by Gasteiger charge is 2.44. The Balaban J connectivity index is 2.31. The molecule has 0 aromatic heterocycles. The molecule has 142 valence electrons. The molecule has 2 rings (SSSR count). The molecular formula is C18H22O8. The molecule has 1 aliphatic heterocycles. The molecule has 1 saturated heterocycles. The van der Waals surface area contributed by atoms with E-state index in [4.69, 9.17) is 18.9 Å². The second-order valence-corrected chi connectivity index (χ2v) is 5.98. The minimum absolute atomic E-state index is 0.0243. The Morgan fingerprint density at radius 1 is 1.08 bits per heavy atom. The van der Waals surface area contributed by atoms with Gasteiger partial charge in [-0.25, -0.2) is 0 Å². The van der Waals surface area contributed by atoms with Crippen molar-refractivity contribution in [3.05, 3.63) is 29.8 Å². The monoisotopic (exact) mass is 366 g/mol. The van der Waals surface area contributed by atoms with Crippen LogP contribution in [0.3, 0.4) is 0 Å². The number of esters is 3. The van der Waals surface area contributed by atoms with Crippen LogP contribution in [0.1, 0.15) is 38.9 Å². The Morgan fingerprint density at radius 2 is 1.73 bits per heavy atom. The maximum absolute atomic E-state index is 11.5. The van der Waals surface area contributed by atoms with Gasteiger partial charge >= 0.3 is 17.9 Å². The summed E-state index contributed by atoms with van der Waals surface area (Å²) in [5.41, 5.74) is 0.499. The maximum Gasteiger partial charge on any atom is 0.303 e. The molecule has 8 nitrogen and oxygen atoms in total. The molecular weight excluding hydrogens is 344 g/mol. The van der Waals surface area contributed by atoms with Crippen LogP contribution < -0.4 is 0 Å².